The van der Waals surface area contributed by atoms with E-state index < -0.39 is 29.3 Å². The summed E-state index contributed by atoms with van der Waals surface area (Å²) in [7, 11) is 0. The Balaban J connectivity index is 2.08. The van der Waals surface area contributed by atoms with Crippen LogP contribution < -0.4 is 10.6 Å². The summed E-state index contributed by atoms with van der Waals surface area (Å²) in [5, 5.41) is 7.94. The molecule has 0 bridgehead atoms. The number of anilines is 1. The molecule has 2 unspecified atom stereocenters. The molecular weight excluding hydrogens is 514 g/mol. The van der Waals surface area contributed by atoms with Gasteiger partial charge in [-0.2, -0.15) is 0 Å². The summed E-state index contributed by atoms with van der Waals surface area (Å²) >= 11 is 0. The molecule has 0 aromatic heterocycles. The summed E-state index contributed by atoms with van der Waals surface area (Å²) in [6.45, 7) is 16.9. The van der Waals surface area contributed by atoms with Gasteiger partial charge in [-0.25, -0.2) is 4.79 Å². The standard InChI is InChI=1S/C34H45N3O4/c1-22(2)20-28(36-32(40)41-34(7,8)9)31(39)37(33(4,5)6)29(27-17-13-10-14-23(27)3)30(38)35-26-19-18-24-15-11-12-16-25(24)21-26/h10-19,21-22,28-29H,20H2,1-9H3,(H,35,38)(H,36,40). The van der Waals surface area contributed by atoms with Crippen LogP contribution in [0.2, 0.25) is 0 Å². The first kappa shape index (κ1) is 31.7. The molecule has 2 atom stereocenters. The number of hydrogen-bond acceptors (Lipinski definition) is 4. The van der Waals surface area contributed by atoms with E-state index in [-0.39, 0.29) is 17.7 Å². The lowest BCUT2D eigenvalue weighted by Crippen LogP contribution is -2.58. The van der Waals surface area contributed by atoms with Crippen molar-refractivity contribution in [2.24, 2.45) is 5.92 Å². The summed E-state index contributed by atoms with van der Waals surface area (Å²) in [5.41, 5.74) is 0.751. The molecule has 0 heterocycles. The molecule has 0 radical (unpaired) electrons. The van der Waals surface area contributed by atoms with Crippen LogP contribution in [-0.4, -0.2) is 40.0 Å². The Kier molecular flexibility index (Phi) is 9.85. The number of alkyl carbamates (subject to hydrolysis) is 1. The van der Waals surface area contributed by atoms with E-state index in [2.05, 4.69) is 10.6 Å². The SMILES string of the molecule is Cc1ccccc1C(C(=O)Nc1ccc2ccccc2c1)N(C(=O)C(CC(C)C)NC(=O)OC(C)(C)C)C(C)(C)C. The molecule has 0 fully saturated rings. The van der Waals surface area contributed by atoms with Crippen molar-refractivity contribution >= 4 is 34.4 Å². The average Bonchev–Trinajstić information content (AvgIpc) is 2.84. The number of amides is 3. The first-order chi connectivity index (χ1) is 19.1. The van der Waals surface area contributed by atoms with Gasteiger partial charge in [0.25, 0.3) is 5.91 Å². The highest BCUT2D eigenvalue weighted by Gasteiger charge is 2.42. The number of hydrogen-bond donors (Lipinski definition) is 2. The van der Waals surface area contributed by atoms with E-state index in [1.54, 1.807) is 25.7 Å². The zero-order chi connectivity index (χ0) is 30.5. The summed E-state index contributed by atoms with van der Waals surface area (Å²) in [6.07, 6.45) is -0.282. The number of nitrogens with one attached hydrogen (secondary N) is 2. The van der Waals surface area contributed by atoms with Crippen molar-refractivity contribution in [2.45, 2.75) is 92.0 Å². The molecule has 3 aromatic carbocycles. The topological polar surface area (TPSA) is 87.7 Å². The minimum Gasteiger partial charge on any atom is -0.444 e. The van der Waals surface area contributed by atoms with Crippen LogP contribution in [0.4, 0.5) is 10.5 Å². The van der Waals surface area contributed by atoms with Crippen molar-refractivity contribution in [1.82, 2.24) is 10.2 Å². The van der Waals surface area contributed by atoms with Gasteiger partial charge < -0.3 is 20.3 Å². The van der Waals surface area contributed by atoms with E-state index >= 15 is 0 Å². The number of carbonyl (C=O) groups is 3. The molecule has 7 nitrogen and oxygen atoms in total. The fourth-order valence-corrected chi connectivity index (χ4v) is 4.92. The zero-order valence-electron chi connectivity index (χ0n) is 25.9. The maximum Gasteiger partial charge on any atom is 0.408 e. The number of nitrogens with zero attached hydrogens (tertiary/aromatic N) is 1. The van der Waals surface area contributed by atoms with Crippen LogP contribution in [0.15, 0.2) is 66.7 Å². The van der Waals surface area contributed by atoms with E-state index in [4.69, 9.17) is 4.74 Å². The van der Waals surface area contributed by atoms with Gasteiger partial charge >= 0.3 is 6.09 Å². The van der Waals surface area contributed by atoms with E-state index in [9.17, 15) is 14.4 Å². The van der Waals surface area contributed by atoms with Crippen molar-refractivity contribution in [1.29, 1.82) is 0 Å². The normalized spacial score (nSPS) is 13.4. The maximum atomic E-state index is 14.5. The van der Waals surface area contributed by atoms with Crippen LogP contribution in [0, 0.1) is 12.8 Å². The van der Waals surface area contributed by atoms with Crippen LogP contribution >= 0.6 is 0 Å². The fourth-order valence-electron chi connectivity index (χ4n) is 4.92. The molecule has 7 heteroatoms. The Bertz CT molecular complexity index is 1380. The van der Waals surface area contributed by atoms with E-state index in [1.807, 2.05) is 108 Å². The lowest BCUT2D eigenvalue weighted by molar-refractivity contribution is -0.147. The monoisotopic (exact) mass is 559 g/mol. The van der Waals surface area contributed by atoms with Gasteiger partial charge in [-0.05, 0) is 94.8 Å². The number of fused-ring (bicyclic) bond motifs is 1. The van der Waals surface area contributed by atoms with Crippen LogP contribution in [0.3, 0.4) is 0 Å². The van der Waals surface area contributed by atoms with Crippen molar-refractivity contribution in [3.63, 3.8) is 0 Å². The van der Waals surface area contributed by atoms with E-state index in [0.717, 1.165) is 21.9 Å². The molecule has 0 saturated heterocycles. The minimum atomic E-state index is -0.953. The predicted octanol–water partition coefficient (Wildman–Crippen LogP) is 7.39. The number of carbonyl (C=O) groups excluding carboxylic acids is 3. The van der Waals surface area contributed by atoms with Crippen molar-refractivity contribution in [2.75, 3.05) is 5.32 Å². The molecular formula is C34H45N3O4. The molecule has 0 spiro atoms. The second-order valence-corrected chi connectivity index (χ2v) is 13.0. The predicted molar refractivity (Wildman–Crippen MR) is 166 cm³/mol. The number of rotatable bonds is 8. The number of benzene rings is 3. The van der Waals surface area contributed by atoms with Gasteiger partial charge in [-0.3, -0.25) is 9.59 Å². The summed E-state index contributed by atoms with van der Waals surface area (Å²) in [6, 6.07) is 19.4. The zero-order valence-corrected chi connectivity index (χ0v) is 25.9. The molecule has 220 valence electrons. The summed E-state index contributed by atoms with van der Waals surface area (Å²) in [5.74, 6) is -0.582. The van der Waals surface area contributed by atoms with Gasteiger partial charge in [-0.15, -0.1) is 0 Å². The third kappa shape index (κ3) is 8.56. The number of ether oxygens (including phenoxy) is 1. The highest BCUT2D eigenvalue weighted by molar-refractivity contribution is 6.00. The molecule has 41 heavy (non-hydrogen) atoms. The molecule has 0 aliphatic carbocycles. The van der Waals surface area contributed by atoms with Gasteiger partial charge in [0.1, 0.15) is 17.7 Å². The third-order valence-corrected chi connectivity index (χ3v) is 6.66. The average molecular weight is 560 g/mol. The Morgan fingerprint density at radius 3 is 2.05 bits per heavy atom. The van der Waals surface area contributed by atoms with Crippen LogP contribution in [0.5, 0.6) is 0 Å². The van der Waals surface area contributed by atoms with Crippen molar-refractivity contribution in [3.8, 4) is 0 Å². The highest BCUT2D eigenvalue weighted by atomic mass is 16.6. The largest absolute Gasteiger partial charge is 0.444 e. The Morgan fingerprint density at radius 2 is 1.46 bits per heavy atom. The lowest BCUT2D eigenvalue weighted by Gasteiger charge is -2.43. The van der Waals surface area contributed by atoms with Gasteiger partial charge in [0.2, 0.25) is 5.91 Å². The first-order valence-corrected chi connectivity index (χ1v) is 14.2. The minimum absolute atomic E-state index is 0.101. The Hall–Kier alpha value is -3.87. The van der Waals surface area contributed by atoms with E-state index in [1.165, 1.54) is 0 Å². The van der Waals surface area contributed by atoms with E-state index in [0.29, 0.717) is 12.1 Å². The number of aryl methyl sites for hydroxylation is 1. The highest BCUT2D eigenvalue weighted by Crippen LogP contribution is 2.33. The van der Waals surface area contributed by atoms with Gasteiger partial charge in [0.15, 0.2) is 0 Å². The lowest BCUT2D eigenvalue weighted by atomic mass is 9.91. The summed E-state index contributed by atoms with van der Waals surface area (Å²) < 4.78 is 5.49. The Labute approximate surface area is 244 Å². The van der Waals surface area contributed by atoms with Crippen LogP contribution in [0.25, 0.3) is 10.8 Å². The summed E-state index contributed by atoms with van der Waals surface area (Å²) in [4.78, 5) is 43.1. The van der Waals surface area contributed by atoms with Crippen LogP contribution in [-0.2, 0) is 14.3 Å². The second-order valence-electron chi connectivity index (χ2n) is 13.0. The smallest absolute Gasteiger partial charge is 0.408 e. The molecule has 3 aromatic rings. The molecule has 3 rings (SSSR count). The molecule has 0 saturated carbocycles. The van der Waals surface area contributed by atoms with Gasteiger partial charge in [-0.1, -0.05) is 68.4 Å². The fraction of sp³-hybridized carbons (Fsp3) is 0.441. The molecule has 2 N–H and O–H groups in total. The maximum absolute atomic E-state index is 14.5. The second kappa shape index (κ2) is 12.8. The Morgan fingerprint density at radius 1 is 0.854 bits per heavy atom. The van der Waals surface area contributed by atoms with Gasteiger partial charge in [0.05, 0.1) is 0 Å². The van der Waals surface area contributed by atoms with Crippen molar-refractivity contribution < 1.29 is 19.1 Å². The quantitative estimate of drug-likeness (QED) is 0.301. The molecule has 3 amide bonds. The molecule has 0 aliphatic rings. The van der Waals surface area contributed by atoms with Crippen LogP contribution in [0.1, 0.15) is 79.0 Å². The molecule has 0 aliphatic heterocycles. The van der Waals surface area contributed by atoms with Crippen molar-refractivity contribution in [3.05, 3.63) is 77.9 Å². The third-order valence-electron chi connectivity index (χ3n) is 6.66. The first-order valence-electron chi connectivity index (χ1n) is 14.2. The van der Waals surface area contributed by atoms with Gasteiger partial charge in [0, 0.05) is 11.2 Å².